The first-order valence-corrected chi connectivity index (χ1v) is 5.58. The fourth-order valence-corrected chi connectivity index (χ4v) is 2.76. The molecular weight excluding hydrogens is 160 g/mol. The van der Waals surface area contributed by atoms with Crippen molar-refractivity contribution in [2.45, 2.75) is 39.2 Å². The molecule has 2 N–H and O–H groups in total. The molecule has 2 unspecified atom stereocenters. The van der Waals surface area contributed by atoms with Crippen LogP contribution < -0.4 is 5.73 Å². The fourth-order valence-electron chi connectivity index (χ4n) is 2.76. The van der Waals surface area contributed by atoms with Crippen molar-refractivity contribution in [3.8, 4) is 0 Å². The predicted molar refractivity (Wildman–Crippen MR) is 57.7 cm³/mol. The van der Waals surface area contributed by atoms with E-state index in [0.29, 0.717) is 0 Å². The Labute approximate surface area is 82.5 Å². The van der Waals surface area contributed by atoms with Crippen molar-refractivity contribution in [1.29, 1.82) is 0 Å². The van der Waals surface area contributed by atoms with Gasteiger partial charge in [0.2, 0.25) is 0 Å². The summed E-state index contributed by atoms with van der Waals surface area (Å²) in [7, 11) is 2.21. The lowest BCUT2D eigenvalue weighted by atomic mass is 9.80. The summed E-state index contributed by atoms with van der Waals surface area (Å²) in [5, 5.41) is 0. The molecule has 1 aliphatic carbocycles. The maximum Gasteiger partial charge on any atom is 0.0207 e. The van der Waals surface area contributed by atoms with Crippen LogP contribution >= 0.6 is 0 Å². The highest BCUT2D eigenvalue weighted by Crippen LogP contribution is 2.42. The Morgan fingerprint density at radius 2 is 1.54 bits per heavy atom. The molecule has 13 heavy (non-hydrogen) atoms. The Balaban J connectivity index is 0.000000396. The molecule has 2 nitrogen and oxygen atoms in total. The average molecular weight is 184 g/mol. The molecule has 2 fully saturated rings. The smallest absolute Gasteiger partial charge is 0.0207 e. The summed E-state index contributed by atoms with van der Waals surface area (Å²) in [6.45, 7) is 8.66. The van der Waals surface area contributed by atoms with Gasteiger partial charge in [-0.15, -0.1) is 0 Å². The van der Waals surface area contributed by atoms with Crippen molar-refractivity contribution in [3.05, 3.63) is 0 Å². The van der Waals surface area contributed by atoms with Crippen molar-refractivity contribution in [1.82, 2.24) is 4.90 Å². The van der Waals surface area contributed by atoms with Crippen LogP contribution in [-0.4, -0.2) is 30.6 Å². The SMILES string of the molecule is CC.CN1CC2CCC(C1)C2(C)N. The number of nitrogens with zero attached hydrogens (tertiary/aromatic N) is 1. The predicted octanol–water partition coefficient (Wildman–Crippen LogP) is 1.70. The lowest BCUT2D eigenvalue weighted by Gasteiger charge is -2.41. The number of likely N-dealkylation sites (tertiary alicyclic amines) is 1. The van der Waals surface area contributed by atoms with Gasteiger partial charge in [0.1, 0.15) is 0 Å². The van der Waals surface area contributed by atoms with Crippen molar-refractivity contribution < 1.29 is 0 Å². The maximum atomic E-state index is 6.26. The third-order valence-electron chi connectivity index (χ3n) is 3.69. The molecule has 1 heterocycles. The highest BCUT2D eigenvalue weighted by atomic mass is 15.1. The zero-order valence-corrected chi connectivity index (χ0v) is 9.51. The fraction of sp³-hybridized carbons (Fsp3) is 1.00. The first kappa shape index (κ1) is 11.0. The molecule has 2 heteroatoms. The van der Waals surface area contributed by atoms with E-state index in [0.717, 1.165) is 11.8 Å². The first-order chi connectivity index (χ1) is 6.10. The molecule has 0 aromatic carbocycles. The van der Waals surface area contributed by atoms with Crippen molar-refractivity contribution in [3.63, 3.8) is 0 Å². The second-order valence-electron chi connectivity index (χ2n) is 4.56. The summed E-state index contributed by atoms with van der Waals surface area (Å²) in [4.78, 5) is 2.43. The summed E-state index contributed by atoms with van der Waals surface area (Å²) < 4.78 is 0. The molecule has 0 spiro atoms. The van der Waals surface area contributed by atoms with Crippen molar-refractivity contribution >= 4 is 0 Å². The Morgan fingerprint density at radius 1 is 1.15 bits per heavy atom. The number of piperidine rings is 1. The second kappa shape index (κ2) is 3.97. The molecule has 0 aromatic rings. The minimum Gasteiger partial charge on any atom is -0.325 e. The van der Waals surface area contributed by atoms with Gasteiger partial charge in [-0.05, 0) is 38.6 Å². The number of hydrogen-bond acceptors (Lipinski definition) is 2. The van der Waals surface area contributed by atoms with Crippen LogP contribution in [0.3, 0.4) is 0 Å². The number of fused-ring (bicyclic) bond motifs is 2. The van der Waals surface area contributed by atoms with Crippen LogP contribution in [0.1, 0.15) is 33.6 Å². The van der Waals surface area contributed by atoms with Gasteiger partial charge in [0.25, 0.3) is 0 Å². The molecule has 0 aromatic heterocycles. The summed E-state index contributed by atoms with van der Waals surface area (Å²) in [5.74, 6) is 1.51. The summed E-state index contributed by atoms with van der Waals surface area (Å²) >= 11 is 0. The van der Waals surface area contributed by atoms with Crippen LogP contribution in [0.4, 0.5) is 0 Å². The van der Waals surface area contributed by atoms with Gasteiger partial charge < -0.3 is 10.6 Å². The highest BCUT2D eigenvalue weighted by molar-refractivity contribution is 5.04. The van der Waals surface area contributed by atoms with Crippen LogP contribution in [0, 0.1) is 11.8 Å². The largest absolute Gasteiger partial charge is 0.325 e. The lowest BCUT2D eigenvalue weighted by molar-refractivity contribution is 0.116. The molecule has 2 bridgehead atoms. The minimum absolute atomic E-state index is 0.145. The summed E-state index contributed by atoms with van der Waals surface area (Å²) in [5.41, 5.74) is 6.41. The Bertz CT molecular complexity index is 149. The van der Waals surface area contributed by atoms with Crippen LogP contribution in [0.2, 0.25) is 0 Å². The van der Waals surface area contributed by atoms with E-state index in [-0.39, 0.29) is 5.54 Å². The maximum absolute atomic E-state index is 6.26. The molecule has 1 saturated heterocycles. The first-order valence-electron chi connectivity index (χ1n) is 5.58. The van der Waals surface area contributed by atoms with E-state index in [1.54, 1.807) is 0 Å². The van der Waals surface area contributed by atoms with E-state index in [2.05, 4.69) is 18.9 Å². The third kappa shape index (κ3) is 1.89. The van der Waals surface area contributed by atoms with Crippen molar-refractivity contribution in [2.24, 2.45) is 17.6 Å². The van der Waals surface area contributed by atoms with Gasteiger partial charge >= 0.3 is 0 Å². The monoisotopic (exact) mass is 184 g/mol. The highest BCUT2D eigenvalue weighted by Gasteiger charge is 2.47. The van der Waals surface area contributed by atoms with E-state index in [1.807, 2.05) is 13.8 Å². The standard InChI is InChI=1S/C9H18N2.C2H6/c1-9(10)7-3-4-8(9)6-11(2)5-7;1-2/h7-8H,3-6,10H2,1-2H3;1-2H3. The quantitative estimate of drug-likeness (QED) is 0.621. The normalized spacial score (nSPS) is 44.1. The van der Waals surface area contributed by atoms with Gasteiger partial charge in [-0.3, -0.25) is 0 Å². The molecule has 78 valence electrons. The van der Waals surface area contributed by atoms with E-state index in [1.165, 1.54) is 25.9 Å². The van der Waals surface area contributed by atoms with Crippen molar-refractivity contribution in [2.75, 3.05) is 20.1 Å². The minimum atomic E-state index is 0.145. The van der Waals surface area contributed by atoms with Gasteiger partial charge in [-0.25, -0.2) is 0 Å². The molecule has 1 aliphatic heterocycles. The van der Waals surface area contributed by atoms with Gasteiger partial charge in [0, 0.05) is 18.6 Å². The summed E-state index contributed by atoms with van der Waals surface area (Å²) in [6, 6.07) is 0. The summed E-state index contributed by atoms with van der Waals surface area (Å²) in [6.07, 6.45) is 2.70. The third-order valence-corrected chi connectivity index (χ3v) is 3.69. The molecule has 0 amide bonds. The van der Waals surface area contributed by atoms with E-state index in [4.69, 9.17) is 5.73 Å². The van der Waals surface area contributed by atoms with Crippen LogP contribution in [-0.2, 0) is 0 Å². The zero-order valence-electron chi connectivity index (χ0n) is 9.51. The average Bonchev–Trinajstić information content (AvgIpc) is 2.29. The molecule has 2 aliphatic rings. The van der Waals surface area contributed by atoms with Crippen LogP contribution in [0.25, 0.3) is 0 Å². The molecule has 0 radical (unpaired) electrons. The van der Waals surface area contributed by atoms with Gasteiger partial charge in [0.15, 0.2) is 0 Å². The Morgan fingerprint density at radius 3 is 1.92 bits per heavy atom. The molecule has 2 atom stereocenters. The number of nitrogens with two attached hydrogens (primary N) is 1. The van der Waals surface area contributed by atoms with E-state index in [9.17, 15) is 0 Å². The Kier molecular flexibility index (Phi) is 3.36. The van der Waals surface area contributed by atoms with Gasteiger partial charge in [-0.1, -0.05) is 13.8 Å². The molecule has 1 saturated carbocycles. The number of hydrogen-bond donors (Lipinski definition) is 1. The molecular formula is C11H24N2. The van der Waals surface area contributed by atoms with E-state index >= 15 is 0 Å². The van der Waals surface area contributed by atoms with Gasteiger partial charge in [0.05, 0.1) is 0 Å². The van der Waals surface area contributed by atoms with Gasteiger partial charge in [-0.2, -0.15) is 0 Å². The zero-order chi connectivity index (χ0) is 10.1. The Hall–Kier alpha value is -0.0800. The topological polar surface area (TPSA) is 29.3 Å². The second-order valence-corrected chi connectivity index (χ2v) is 4.56. The molecule has 2 rings (SSSR count). The lowest BCUT2D eigenvalue weighted by Crippen LogP contribution is -2.56. The number of rotatable bonds is 0. The van der Waals surface area contributed by atoms with E-state index < -0.39 is 0 Å². The van der Waals surface area contributed by atoms with Crippen LogP contribution in [0.15, 0.2) is 0 Å². The van der Waals surface area contributed by atoms with Crippen LogP contribution in [0.5, 0.6) is 0 Å².